The molecule has 0 radical (unpaired) electrons. The van der Waals surface area contributed by atoms with Crippen molar-refractivity contribution in [3.05, 3.63) is 87.6 Å². The van der Waals surface area contributed by atoms with E-state index in [9.17, 15) is 18.4 Å². The van der Waals surface area contributed by atoms with E-state index < -0.39 is 23.6 Å². The Morgan fingerprint density at radius 1 is 1.14 bits per heavy atom. The molecule has 0 saturated heterocycles. The Labute approximate surface area is 206 Å². The zero-order valence-corrected chi connectivity index (χ0v) is 20.1. The second-order valence-corrected chi connectivity index (χ2v) is 9.12. The average molecular weight is 501 g/mol. The number of benzene rings is 2. The van der Waals surface area contributed by atoms with Crippen LogP contribution in [0.3, 0.4) is 0 Å². The van der Waals surface area contributed by atoms with Gasteiger partial charge < -0.3 is 19.3 Å². The van der Waals surface area contributed by atoms with Gasteiger partial charge in [-0.05, 0) is 47.7 Å². The number of hydrogen-bond donors (Lipinski definition) is 0. The van der Waals surface area contributed by atoms with Crippen molar-refractivity contribution in [2.75, 3.05) is 40.0 Å². The summed E-state index contributed by atoms with van der Waals surface area (Å²) >= 11 is 1.62. The molecule has 0 unspecified atom stereocenters. The molecule has 0 spiro atoms. The predicted octanol–water partition coefficient (Wildman–Crippen LogP) is 4.32. The highest BCUT2D eigenvalue weighted by Crippen LogP contribution is 2.34. The summed E-state index contributed by atoms with van der Waals surface area (Å²) in [5, 5.41) is 1.97. The SMILES string of the molecule is COCCN(CC(=O)N1CCc2sccc2[C@H]1COc1cccc(F)c1)C(=O)c1ccccc1F. The largest absolute Gasteiger partial charge is 0.491 e. The van der Waals surface area contributed by atoms with Crippen molar-refractivity contribution in [2.45, 2.75) is 12.5 Å². The smallest absolute Gasteiger partial charge is 0.257 e. The number of nitrogens with zero attached hydrogens (tertiary/aromatic N) is 2. The van der Waals surface area contributed by atoms with E-state index in [1.807, 2.05) is 11.4 Å². The summed E-state index contributed by atoms with van der Waals surface area (Å²) in [6, 6.07) is 13.1. The first kappa shape index (κ1) is 24.8. The van der Waals surface area contributed by atoms with Crippen molar-refractivity contribution in [2.24, 2.45) is 0 Å². The first-order chi connectivity index (χ1) is 17.0. The molecular weight excluding hydrogens is 474 g/mol. The number of carbonyl (C=O) groups is 2. The lowest BCUT2D eigenvalue weighted by molar-refractivity contribution is -0.135. The van der Waals surface area contributed by atoms with Gasteiger partial charge in [-0.2, -0.15) is 0 Å². The molecule has 2 heterocycles. The lowest BCUT2D eigenvalue weighted by atomic mass is 10.0. The summed E-state index contributed by atoms with van der Waals surface area (Å²) in [6.45, 7) is 0.700. The number of carbonyl (C=O) groups excluding carboxylic acids is 2. The number of hydrogen-bond acceptors (Lipinski definition) is 5. The van der Waals surface area contributed by atoms with Gasteiger partial charge in [0, 0.05) is 31.1 Å². The highest BCUT2D eigenvalue weighted by molar-refractivity contribution is 7.10. The van der Waals surface area contributed by atoms with E-state index in [-0.39, 0.29) is 37.8 Å². The normalized spacial score (nSPS) is 14.9. The van der Waals surface area contributed by atoms with Crippen molar-refractivity contribution in [3.8, 4) is 5.75 Å². The molecule has 9 heteroatoms. The Bertz CT molecular complexity index is 1190. The van der Waals surface area contributed by atoms with Crippen LogP contribution in [0.25, 0.3) is 0 Å². The van der Waals surface area contributed by atoms with E-state index in [2.05, 4.69) is 0 Å². The fourth-order valence-corrected chi connectivity index (χ4v) is 5.05. The van der Waals surface area contributed by atoms with Crippen LogP contribution in [0, 0.1) is 11.6 Å². The molecule has 0 bridgehead atoms. The van der Waals surface area contributed by atoms with Crippen molar-refractivity contribution >= 4 is 23.2 Å². The number of fused-ring (bicyclic) bond motifs is 1. The topological polar surface area (TPSA) is 59.1 Å². The second kappa shape index (κ2) is 11.4. The summed E-state index contributed by atoms with van der Waals surface area (Å²) in [5.74, 6) is -1.54. The van der Waals surface area contributed by atoms with Crippen molar-refractivity contribution in [3.63, 3.8) is 0 Å². The van der Waals surface area contributed by atoms with E-state index in [4.69, 9.17) is 9.47 Å². The van der Waals surface area contributed by atoms with E-state index in [0.29, 0.717) is 18.7 Å². The highest BCUT2D eigenvalue weighted by atomic mass is 32.1. The molecule has 35 heavy (non-hydrogen) atoms. The minimum Gasteiger partial charge on any atom is -0.491 e. The fraction of sp³-hybridized carbons (Fsp3) is 0.308. The molecule has 0 fully saturated rings. The van der Waals surface area contributed by atoms with Gasteiger partial charge in [-0.15, -0.1) is 11.3 Å². The molecule has 184 valence electrons. The number of amides is 2. The summed E-state index contributed by atoms with van der Waals surface area (Å²) < 4.78 is 38.8. The van der Waals surface area contributed by atoms with Gasteiger partial charge in [0.15, 0.2) is 0 Å². The van der Waals surface area contributed by atoms with Crippen LogP contribution in [0.5, 0.6) is 5.75 Å². The fourth-order valence-electron chi connectivity index (χ4n) is 4.12. The zero-order valence-electron chi connectivity index (χ0n) is 19.3. The minimum absolute atomic E-state index is 0.0962. The average Bonchev–Trinajstić information content (AvgIpc) is 3.34. The molecule has 3 aromatic rings. The van der Waals surface area contributed by atoms with Crippen LogP contribution in [0.4, 0.5) is 8.78 Å². The summed E-state index contributed by atoms with van der Waals surface area (Å²) in [5.41, 5.74) is 0.885. The molecule has 0 saturated carbocycles. The first-order valence-electron chi connectivity index (χ1n) is 11.2. The van der Waals surface area contributed by atoms with Gasteiger partial charge in [-0.1, -0.05) is 18.2 Å². The number of thiophene rings is 1. The van der Waals surface area contributed by atoms with Crippen molar-refractivity contribution in [1.29, 1.82) is 0 Å². The number of methoxy groups -OCH3 is 1. The lowest BCUT2D eigenvalue weighted by Gasteiger charge is -2.37. The third-order valence-electron chi connectivity index (χ3n) is 5.90. The Balaban J connectivity index is 1.53. The van der Waals surface area contributed by atoms with Crippen LogP contribution in [-0.4, -0.2) is 61.6 Å². The Kier molecular flexibility index (Phi) is 8.09. The number of rotatable bonds is 9. The molecule has 1 atom stereocenters. The molecule has 0 N–H and O–H groups in total. The maximum atomic E-state index is 14.3. The second-order valence-electron chi connectivity index (χ2n) is 8.12. The van der Waals surface area contributed by atoms with E-state index in [0.717, 1.165) is 5.56 Å². The van der Waals surface area contributed by atoms with Crippen molar-refractivity contribution in [1.82, 2.24) is 9.80 Å². The first-order valence-corrected chi connectivity index (χ1v) is 12.1. The van der Waals surface area contributed by atoms with Crippen LogP contribution in [0.1, 0.15) is 26.8 Å². The lowest BCUT2D eigenvalue weighted by Crippen LogP contribution is -2.48. The van der Waals surface area contributed by atoms with Crippen LogP contribution < -0.4 is 4.74 Å². The molecule has 1 aromatic heterocycles. The highest BCUT2D eigenvalue weighted by Gasteiger charge is 2.34. The quantitative estimate of drug-likeness (QED) is 0.439. The summed E-state index contributed by atoms with van der Waals surface area (Å²) in [6.07, 6.45) is 0.689. The number of ether oxygens (including phenoxy) is 2. The Morgan fingerprint density at radius 2 is 1.97 bits per heavy atom. The third kappa shape index (κ3) is 5.86. The summed E-state index contributed by atoms with van der Waals surface area (Å²) in [7, 11) is 1.50. The minimum atomic E-state index is -0.644. The molecule has 2 aromatic carbocycles. The number of halogens is 2. The maximum Gasteiger partial charge on any atom is 0.257 e. The van der Waals surface area contributed by atoms with Crippen LogP contribution in [0.15, 0.2) is 60.0 Å². The molecule has 1 aliphatic rings. The molecule has 6 nitrogen and oxygen atoms in total. The Hall–Kier alpha value is -3.30. The van der Waals surface area contributed by atoms with Gasteiger partial charge in [0.05, 0.1) is 18.2 Å². The van der Waals surface area contributed by atoms with Crippen LogP contribution >= 0.6 is 11.3 Å². The molecular formula is C26H26F2N2O4S. The molecule has 4 rings (SSSR count). The van der Waals surface area contributed by atoms with E-state index in [1.165, 1.54) is 47.2 Å². The maximum absolute atomic E-state index is 14.3. The molecule has 2 amide bonds. The van der Waals surface area contributed by atoms with Crippen LogP contribution in [-0.2, 0) is 16.0 Å². The Morgan fingerprint density at radius 3 is 2.74 bits per heavy atom. The zero-order chi connectivity index (χ0) is 24.8. The van der Waals surface area contributed by atoms with Gasteiger partial charge in [0.2, 0.25) is 5.91 Å². The van der Waals surface area contributed by atoms with Gasteiger partial charge >= 0.3 is 0 Å². The van der Waals surface area contributed by atoms with Crippen molar-refractivity contribution < 1.29 is 27.8 Å². The molecule has 0 aliphatic carbocycles. The van der Waals surface area contributed by atoms with Gasteiger partial charge in [-0.3, -0.25) is 9.59 Å². The van der Waals surface area contributed by atoms with Gasteiger partial charge in [0.25, 0.3) is 5.91 Å². The predicted molar refractivity (Wildman–Crippen MR) is 129 cm³/mol. The van der Waals surface area contributed by atoms with Gasteiger partial charge in [-0.25, -0.2) is 8.78 Å². The standard InChI is InChI=1S/C26H26F2N2O4S/c1-33-13-12-29(26(32)20-7-2-3-8-22(20)28)16-25(31)30-11-9-24-21(10-14-35-24)23(30)17-34-19-6-4-5-18(27)15-19/h2-8,10,14-15,23H,9,11-13,16-17H2,1H3/t23-/m1/s1. The van der Waals surface area contributed by atoms with Gasteiger partial charge in [0.1, 0.15) is 30.5 Å². The van der Waals surface area contributed by atoms with E-state index in [1.54, 1.807) is 34.4 Å². The summed E-state index contributed by atoms with van der Waals surface area (Å²) in [4.78, 5) is 30.7. The van der Waals surface area contributed by atoms with Crippen LogP contribution in [0.2, 0.25) is 0 Å². The van der Waals surface area contributed by atoms with E-state index >= 15 is 0 Å². The monoisotopic (exact) mass is 500 g/mol. The third-order valence-corrected chi connectivity index (χ3v) is 6.90. The molecule has 1 aliphatic heterocycles.